The van der Waals surface area contributed by atoms with Crippen molar-refractivity contribution in [3.05, 3.63) is 36.3 Å². The third kappa shape index (κ3) is 5.66. The molecule has 0 saturated carbocycles. The Balaban J connectivity index is 2.20. The van der Waals surface area contributed by atoms with E-state index in [0.29, 0.717) is 12.3 Å². The first-order valence-corrected chi connectivity index (χ1v) is 5.26. The molecule has 1 aromatic heterocycles. The van der Waals surface area contributed by atoms with Crippen molar-refractivity contribution < 1.29 is 19.1 Å². The number of hydrogen-bond donors (Lipinski definition) is 4. The lowest BCUT2D eigenvalue weighted by Gasteiger charge is -2.08. The molecule has 0 fully saturated rings. The zero-order valence-corrected chi connectivity index (χ0v) is 9.99. The van der Waals surface area contributed by atoms with Crippen LogP contribution in [-0.2, 0) is 16.1 Å². The van der Waals surface area contributed by atoms with E-state index in [0.717, 1.165) is 12.2 Å². The molecule has 0 unspecified atom stereocenters. The fourth-order valence-electron chi connectivity index (χ4n) is 0.932. The average molecular weight is 269 g/mol. The van der Waals surface area contributed by atoms with E-state index in [1.54, 1.807) is 12.1 Å². The smallest absolute Gasteiger partial charge is 0.328 e. The van der Waals surface area contributed by atoms with Gasteiger partial charge in [-0.3, -0.25) is 15.6 Å². The summed E-state index contributed by atoms with van der Waals surface area (Å²) in [6, 6.07) is 3.51. The molecule has 0 spiro atoms. The summed E-state index contributed by atoms with van der Waals surface area (Å²) in [5, 5.41) is 11.3. The first-order valence-electron chi connectivity index (χ1n) is 4.85. The van der Waals surface area contributed by atoms with E-state index in [4.69, 9.17) is 21.7 Å². The lowest BCUT2D eigenvalue weighted by molar-refractivity contribution is -0.131. The van der Waals surface area contributed by atoms with Crippen molar-refractivity contribution in [2.75, 3.05) is 0 Å². The molecular formula is C10H11N3O4S. The van der Waals surface area contributed by atoms with E-state index < -0.39 is 11.9 Å². The quantitative estimate of drug-likeness (QED) is 0.344. The Kier molecular flexibility index (Phi) is 5.39. The van der Waals surface area contributed by atoms with E-state index in [2.05, 4.69) is 16.2 Å². The van der Waals surface area contributed by atoms with Crippen LogP contribution in [0.3, 0.4) is 0 Å². The molecule has 0 aliphatic carbocycles. The number of furan rings is 1. The molecule has 4 N–H and O–H groups in total. The lowest BCUT2D eigenvalue weighted by Crippen LogP contribution is -2.46. The number of carboxylic acids is 1. The van der Waals surface area contributed by atoms with Crippen LogP contribution in [0.4, 0.5) is 0 Å². The van der Waals surface area contributed by atoms with Gasteiger partial charge < -0.3 is 14.8 Å². The molecule has 0 aliphatic rings. The van der Waals surface area contributed by atoms with Crippen LogP contribution in [0.25, 0.3) is 0 Å². The number of hydrazine groups is 1. The van der Waals surface area contributed by atoms with E-state index in [-0.39, 0.29) is 5.11 Å². The maximum absolute atomic E-state index is 11.1. The zero-order valence-electron chi connectivity index (χ0n) is 9.17. The topological polar surface area (TPSA) is 104 Å². The average Bonchev–Trinajstić information content (AvgIpc) is 2.84. The van der Waals surface area contributed by atoms with Crippen LogP contribution in [0, 0.1) is 0 Å². The van der Waals surface area contributed by atoms with Gasteiger partial charge in [0.1, 0.15) is 5.76 Å². The van der Waals surface area contributed by atoms with Crippen molar-refractivity contribution in [1.29, 1.82) is 0 Å². The van der Waals surface area contributed by atoms with Gasteiger partial charge in [0, 0.05) is 12.2 Å². The molecule has 8 heteroatoms. The zero-order chi connectivity index (χ0) is 13.4. The highest BCUT2D eigenvalue weighted by Gasteiger charge is 2.00. The minimum atomic E-state index is -1.20. The standard InChI is InChI=1S/C10H11N3O4S/c14-8(3-4-9(15)16)12-13-10(18)11-6-7-2-1-5-17-7/h1-5H,6H2,(H,12,14)(H,15,16)(H2,11,13,18)/b4-3-. The summed E-state index contributed by atoms with van der Waals surface area (Å²) in [4.78, 5) is 21.2. The Morgan fingerprint density at radius 3 is 2.78 bits per heavy atom. The van der Waals surface area contributed by atoms with Crippen LogP contribution in [0.1, 0.15) is 5.76 Å². The largest absolute Gasteiger partial charge is 0.478 e. The third-order valence-electron chi connectivity index (χ3n) is 1.68. The molecule has 1 rings (SSSR count). The number of carboxylic acid groups (broad SMARTS) is 1. The fraction of sp³-hybridized carbons (Fsp3) is 0.100. The van der Waals surface area contributed by atoms with Crippen LogP contribution in [0.5, 0.6) is 0 Å². The summed E-state index contributed by atoms with van der Waals surface area (Å²) in [7, 11) is 0. The highest BCUT2D eigenvalue weighted by molar-refractivity contribution is 7.80. The molecule has 0 saturated heterocycles. The summed E-state index contributed by atoms with van der Waals surface area (Å²) in [6.45, 7) is 0.375. The van der Waals surface area contributed by atoms with Gasteiger partial charge in [0.25, 0.3) is 5.91 Å². The van der Waals surface area contributed by atoms with Gasteiger partial charge in [-0.15, -0.1) is 0 Å². The van der Waals surface area contributed by atoms with E-state index in [1.807, 2.05) is 0 Å². The third-order valence-corrected chi connectivity index (χ3v) is 1.93. The summed E-state index contributed by atoms with van der Waals surface area (Å²) in [5.74, 6) is -1.14. The van der Waals surface area contributed by atoms with Gasteiger partial charge in [-0.2, -0.15) is 0 Å². The Morgan fingerprint density at radius 1 is 1.39 bits per heavy atom. The van der Waals surface area contributed by atoms with Crippen molar-refractivity contribution in [3.63, 3.8) is 0 Å². The highest BCUT2D eigenvalue weighted by atomic mass is 32.1. The molecule has 0 bridgehead atoms. The second kappa shape index (κ2) is 7.07. The minimum Gasteiger partial charge on any atom is -0.478 e. The van der Waals surface area contributed by atoms with Crippen LogP contribution >= 0.6 is 12.2 Å². The number of thiocarbonyl (C=S) groups is 1. The molecule has 7 nitrogen and oxygen atoms in total. The lowest BCUT2D eigenvalue weighted by atomic mass is 10.4. The van der Waals surface area contributed by atoms with Gasteiger partial charge >= 0.3 is 5.97 Å². The SMILES string of the molecule is O=C(O)/C=C\C(=O)NNC(=S)NCc1ccco1. The molecular weight excluding hydrogens is 258 g/mol. The van der Waals surface area contributed by atoms with Crippen LogP contribution in [0.2, 0.25) is 0 Å². The predicted molar refractivity (Wildman–Crippen MR) is 66.2 cm³/mol. The molecule has 0 aromatic carbocycles. The van der Waals surface area contributed by atoms with E-state index in [9.17, 15) is 9.59 Å². The van der Waals surface area contributed by atoms with E-state index >= 15 is 0 Å². The van der Waals surface area contributed by atoms with Crippen molar-refractivity contribution in [3.8, 4) is 0 Å². The van der Waals surface area contributed by atoms with Gasteiger partial charge in [-0.1, -0.05) is 0 Å². The number of hydrogen-bond acceptors (Lipinski definition) is 4. The van der Waals surface area contributed by atoms with Gasteiger partial charge in [0.05, 0.1) is 12.8 Å². The van der Waals surface area contributed by atoms with Gasteiger partial charge in [-0.25, -0.2) is 4.79 Å². The number of nitrogens with one attached hydrogen (secondary N) is 3. The van der Waals surface area contributed by atoms with Gasteiger partial charge in [0.2, 0.25) is 0 Å². The molecule has 0 radical (unpaired) electrons. The number of rotatable bonds is 4. The van der Waals surface area contributed by atoms with Gasteiger partial charge in [-0.05, 0) is 24.4 Å². The van der Waals surface area contributed by atoms with Crippen LogP contribution in [0.15, 0.2) is 35.0 Å². The first kappa shape index (κ1) is 13.7. The van der Waals surface area contributed by atoms with Crippen molar-refractivity contribution in [2.24, 2.45) is 0 Å². The molecule has 18 heavy (non-hydrogen) atoms. The number of aliphatic carboxylic acids is 1. The van der Waals surface area contributed by atoms with E-state index in [1.165, 1.54) is 6.26 Å². The number of carbonyl (C=O) groups is 2. The predicted octanol–water partition coefficient (Wildman–Crippen LogP) is -0.0843. The molecule has 0 aliphatic heterocycles. The highest BCUT2D eigenvalue weighted by Crippen LogP contribution is 1.97. The Bertz CT molecular complexity index is 456. The Hall–Kier alpha value is -2.35. The van der Waals surface area contributed by atoms with Gasteiger partial charge in [0.15, 0.2) is 5.11 Å². The maximum atomic E-state index is 11.1. The molecule has 96 valence electrons. The van der Waals surface area contributed by atoms with Crippen molar-refractivity contribution in [1.82, 2.24) is 16.2 Å². The summed E-state index contributed by atoms with van der Waals surface area (Å²) >= 11 is 4.86. The second-order valence-electron chi connectivity index (χ2n) is 3.05. The van der Waals surface area contributed by atoms with Crippen LogP contribution in [-0.4, -0.2) is 22.1 Å². The molecule has 1 amide bonds. The minimum absolute atomic E-state index is 0.184. The normalized spacial score (nSPS) is 10.0. The maximum Gasteiger partial charge on any atom is 0.328 e. The van der Waals surface area contributed by atoms with Crippen molar-refractivity contribution in [2.45, 2.75) is 6.54 Å². The second-order valence-corrected chi connectivity index (χ2v) is 3.46. The monoisotopic (exact) mass is 269 g/mol. The summed E-state index contributed by atoms with van der Waals surface area (Å²) in [6.07, 6.45) is 3.12. The molecule has 1 aromatic rings. The van der Waals surface area contributed by atoms with Crippen molar-refractivity contribution >= 4 is 29.2 Å². The summed E-state index contributed by atoms with van der Waals surface area (Å²) in [5.41, 5.74) is 4.60. The Morgan fingerprint density at radius 2 is 2.17 bits per heavy atom. The number of amides is 1. The summed E-state index contributed by atoms with van der Waals surface area (Å²) < 4.78 is 5.06. The molecule has 1 heterocycles. The van der Waals surface area contributed by atoms with Crippen LogP contribution < -0.4 is 16.2 Å². The first-order chi connectivity index (χ1) is 8.58. The number of carbonyl (C=O) groups excluding carboxylic acids is 1. The molecule has 0 atom stereocenters. The fourth-order valence-corrected chi connectivity index (χ4v) is 1.05. The Labute approximate surface area is 108 Å².